The Labute approximate surface area is 310 Å². The zero-order chi connectivity index (χ0) is 37.7. The first kappa shape index (κ1) is 49.5. The highest BCUT2D eigenvalue weighted by Crippen LogP contribution is 2.43. The molecule has 0 saturated carbocycles. The van der Waals surface area contributed by atoms with Crippen molar-refractivity contribution in [2.24, 2.45) is 0 Å². The van der Waals surface area contributed by atoms with Crippen LogP contribution in [-0.2, 0) is 32.7 Å². The summed E-state index contributed by atoms with van der Waals surface area (Å²) in [5.41, 5.74) is 0. The topological polar surface area (TPSA) is 149 Å². The molecule has 3 atom stereocenters. The van der Waals surface area contributed by atoms with Gasteiger partial charge in [0.1, 0.15) is 12.2 Å². The molecule has 0 aliphatic rings. The number of hydrogen-bond acceptors (Lipinski definition) is 9. The average molecular weight is 747 g/mol. The third-order valence-corrected chi connectivity index (χ3v) is 9.57. The fourth-order valence-electron chi connectivity index (χ4n) is 5.46. The van der Waals surface area contributed by atoms with Crippen LogP contribution in [0.25, 0.3) is 0 Å². The van der Waals surface area contributed by atoms with Crippen molar-refractivity contribution >= 4 is 19.8 Å². The fraction of sp³-hybridized carbons (Fsp3) is 0.850. The Bertz CT molecular complexity index is 910. The van der Waals surface area contributed by atoms with E-state index in [-0.39, 0.29) is 12.8 Å². The smallest absolute Gasteiger partial charge is 0.457 e. The van der Waals surface area contributed by atoms with Crippen molar-refractivity contribution in [2.45, 2.75) is 193 Å². The van der Waals surface area contributed by atoms with E-state index in [2.05, 4.69) is 38.2 Å². The van der Waals surface area contributed by atoms with Gasteiger partial charge >= 0.3 is 19.8 Å². The molecular formula is C40H75O10P. The van der Waals surface area contributed by atoms with Gasteiger partial charge in [0.2, 0.25) is 0 Å². The van der Waals surface area contributed by atoms with Crippen LogP contribution in [0.15, 0.2) is 24.3 Å². The minimum absolute atomic E-state index is 0.182. The molecule has 3 N–H and O–H groups in total. The number of phosphoric ester groups is 1. The summed E-state index contributed by atoms with van der Waals surface area (Å²) in [6.45, 7) is 2.12. The number of carbonyl (C=O) groups is 2. The third kappa shape index (κ3) is 35.3. The summed E-state index contributed by atoms with van der Waals surface area (Å²) in [5.74, 6) is -1.03. The lowest BCUT2D eigenvalue weighted by Gasteiger charge is -2.20. The molecule has 0 aliphatic carbocycles. The highest BCUT2D eigenvalue weighted by Gasteiger charge is 2.27. The lowest BCUT2D eigenvalue weighted by molar-refractivity contribution is -0.153. The number of unbranched alkanes of at least 4 members (excludes halogenated alkanes) is 20. The zero-order valence-electron chi connectivity index (χ0n) is 32.3. The lowest BCUT2D eigenvalue weighted by Crippen LogP contribution is -2.28. The second-order valence-corrected chi connectivity index (χ2v) is 15.1. The van der Waals surface area contributed by atoms with E-state index in [0.717, 1.165) is 70.6 Å². The van der Waals surface area contributed by atoms with E-state index in [1.165, 1.54) is 70.6 Å². The van der Waals surface area contributed by atoms with Gasteiger partial charge < -0.3 is 24.6 Å². The van der Waals surface area contributed by atoms with Crippen molar-refractivity contribution in [2.75, 3.05) is 26.4 Å². The van der Waals surface area contributed by atoms with Gasteiger partial charge in [-0.25, -0.2) is 4.57 Å². The first-order valence-corrected chi connectivity index (χ1v) is 21.8. The van der Waals surface area contributed by atoms with Gasteiger partial charge in [0.15, 0.2) is 0 Å². The third-order valence-electron chi connectivity index (χ3n) is 8.62. The Morgan fingerprint density at radius 3 is 1.20 bits per heavy atom. The van der Waals surface area contributed by atoms with Gasteiger partial charge in [0.05, 0.1) is 26.4 Å². The van der Waals surface area contributed by atoms with E-state index in [1.54, 1.807) is 0 Å². The number of aliphatic hydroxyl groups is 2. The van der Waals surface area contributed by atoms with Gasteiger partial charge in [0.25, 0.3) is 0 Å². The minimum Gasteiger partial charge on any atom is -0.457 e. The number of ether oxygens (including phenoxy) is 2. The number of carbonyl (C=O) groups excluding carboxylic acids is 2. The lowest BCUT2D eigenvalue weighted by atomic mass is 10.1. The van der Waals surface area contributed by atoms with Crippen molar-refractivity contribution in [1.29, 1.82) is 0 Å². The first-order valence-electron chi connectivity index (χ1n) is 20.3. The molecule has 0 aliphatic heterocycles. The van der Waals surface area contributed by atoms with Gasteiger partial charge in [-0.1, -0.05) is 134 Å². The predicted octanol–water partition coefficient (Wildman–Crippen LogP) is 10.2. The van der Waals surface area contributed by atoms with Crippen LogP contribution < -0.4 is 0 Å². The van der Waals surface area contributed by atoms with Gasteiger partial charge in [-0.15, -0.1) is 0 Å². The summed E-state index contributed by atoms with van der Waals surface area (Å²) in [7, 11) is -4.63. The Balaban J connectivity index is 3.93. The first-order chi connectivity index (χ1) is 24.8. The quantitative estimate of drug-likeness (QED) is 0.0241. The molecular weight excluding hydrogens is 671 g/mol. The maximum atomic E-state index is 12.3. The van der Waals surface area contributed by atoms with Crippen molar-refractivity contribution in [3.8, 4) is 0 Å². The molecule has 0 aromatic heterocycles. The van der Waals surface area contributed by atoms with E-state index in [0.29, 0.717) is 12.8 Å². The molecule has 0 heterocycles. The van der Waals surface area contributed by atoms with Crippen LogP contribution in [0.5, 0.6) is 0 Å². The monoisotopic (exact) mass is 747 g/mol. The number of rotatable bonds is 38. The van der Waals surface area contributed by atoms with Gasteiger partial charge in [-0.3, -0.25) is 18.6 Å². The second kappa shape index (κ2) is 36.8. The number of aliphatic hydroxyl groups excluding tert-OH is 2. The molecule has 0 radical (unpaired) electrons. The predicted molar refractivity (Wildman–Crippen MR) is 205 cm³/mol. The van der Waals surface area contributed by atoms with Crippen LogP contribution in [0.4, 0.5) is 0 Å². The molecule has 10 nitrogen and oxygen atoms in total. The molecule has 0 aromatic rings. The van der Waals surface area contributed by atoms with Crippen LogP contribution in [0.3, 0.4) is 0 Å². The molecule has 0 bridgehead atoms. The van der Waals surface area contributed by atoms with E-state index in [1.807, 2.05) is 0 Å². The summed E-state index contributed by atoms with van der Waals surface area (Å²) in [4.78, 5) is 34.4. The minimum atomic E-state index is -4.63. The van der Waals surface area contributed by atoms with Gasteiger partial charge in [-0.2, -0.15) is 0 Å². The van der Waals surface area contributed by atoms with Gasteiger partial charge in [0, 0.05) is 12.8 Å². The van der Waals surface area contributed by atoms with E-state index in [9.17, 15) is 29.3 Å². The van der Waals surface area contributed by atoms with Crippen LogP contribution in [0, 0.1) is 0 Å². The fourth-order valence-corrected chi connectivity index (χ4v) is 6.25. The van der Waals surface area contributed by atoms with Crippen molar-refractivity contribution < 1.29 is 47.8 Å². The highest BCUT2D eigenvalue weighted by atomic mass is 31.2. The Kier molecular flexibility index (Phi) is 35.7. The maximum absolute atomic E-state index is 12.3. The molecule has 0 saturated heterocycles. The number of esters is 2. The van der Waals surface area contributed by atoms with Crippen molar-refractivity contribution in [3.05, 3.63) is 24.3 Å². The summed E-state index contributed by atoms with van der Waals surface area (Å²) in [6, 6.07) is 0. The molecule has 0 aromatic carbocycles. The van der Waals surface area contributed by atoms with Crippen molar-refractivity contribution in [1.82, 2.24) is 0 Å². The Hall–Kier alpha value is -1.55. The summed E-state index contributed by atoms with van der Waals surface area (Å²) >= 11 is 0. The molecule has 300 valence electrons. The Morgan fingerprint density at radius 1 is 0.510 bits per heavy atom. The van der Waals surface area contributed by atoms with E-state index in [4.69, 9.17) is 18.5 Å². The van der Waals surface area contributed by atoms with Crippen LogP contribution >= 0.6 is 7.82 Å². The van der Waals surface area contributed by atoms with Crippen LogP contribution in [0.1, 0.15) is 181 Å². The van der Waals surface area contributed by atoms with Crippen molar-refractivity contribution in [3.63, 3.8) is 0 Å². The summed E-state index contributed by atoms with van der Waals surface area (Å²) < 4.78 is 32.4. The molecule has 0 amide bonds. The van der Waals surface area contributed by atoms with E-state index < -0.39 is 58.4 Å². The normalized spacial score (nSPS) is 14.2. The number of hydrogen-bond donors (Lipinski definition) is 3. The number of allylic oxidation sites excluding steroid dienone is 4. The molecule has 3 unspecified atom stereocenters. The molecule has 0 fully saturated rings. The Morgan fingerprint density at radius 2 is 0.843 bits per heavy atom. The second-order valence-electron chi connectivity index (χ2n) is 13.6. The SMILES string of the molecule is CCC/C=C\CCCCCCCC(=O)OC(CO)COP(=O)(O)OCC(CO)OC(=O)CCCCCCCCC/C=C\CCCCCCCCC. The average Bonchev–Trinajstić information content (AvgIpc) is 3.12. The number of phosphoric acid groups is 1. The van der Waals surface area contributed by atoms with Crippen LogP contribution in [-0.4, -0.2) is 65.7 Å². The standard InChI is InChI=1S/C40H75O10P/c1-3-5-7-9-11-13-15-16-17-18-19-20-21-22-24-26-28-30-32-40(44)50-38(34-42)36-48-51(45,46)47-35-37(33-41)49-39(43)31-29-27-25-23-14-12-10-8-6-4-2/h8,10,17-18,37-38,41-42H,3-7,9,11-16,19-36H2,1-2H3,(H,45,46)/b10-8-,18-17-. The summed E-state index contributed by atoms with van der Waals surface area (Å²) in [5, 5.41) is 19.1. The molecule has 0 spiro atoms. The van der Waals surface area contributed by atoms with Gasteiger partial charge in [-0.05, 0) is 57.8 Å². The molecule has 11 heteroatoms. The zero-order valence-corrected chi connectivity index (χ0v) is 33.2. The van der Waals surface area contributed by atoms with E-state index >= 15 is 0 Å². The molecule has 0 rings (SSSR count). The van der Waals surface area contributed by atoms with Crippen LogP contribution in [0.2, 0.25) is 0 Å². The highest BCUT2D eigenvalue weighted by molar-refractivity contribution is 7.47. The summed E-state index contributed by atoms with van der Waals surface area (Å²) in [6.07, 6.45) is 34.5. The molecule has 51 heavy (non-hydrogen) atoms. The maximum Gasteiger partial charge on any atom is 0.472 e. The largest absolute Gasteiger partial charge is 0.472 e.